The lowest BCUT2D eigenvalue weighted by Gasteiger charge is -2.03. The van der Waals surface area contributed by atoms with E-state index in [1.807, 2.05) is 16.7 Å². The van der Waals surface area contributed by atoms with Gasteiger partial charge in [0.1, 0.15) is 18.0 Å². The number of imidazole rings is 1. The van der Waals surface area contributed by atoms with Crippen molar-refractivity contribution in [1.82, 2.24) is 9.38 Å². The number of aliphatic hydroxyl groups is 1. The molecule has 2 aromatic heterocycles. The molecule has 3 aromatic rings. The molecule has 0 aliphatic heterocycles. The average Bonchev–Trinajstić information content (AvgIpc) is 2.96. The Morgan fingerprint density at radius 3 is 2.64 bits per heavy atom. The number of non-ortho nitro benzene ring substituents is 1. The number of pyridine rings is 1. The zero-order valence-corrected chi connectivity index (χ0v) is 11.5. The van der Waals surface area contributed by atoms with Gasteiger partial charge in [0.25, 0.3) is 5.69 Å². The molecule has 1 aromatic carbocycles. The third-order valence-corrected chi connectivity index (χ3v) is 3.16. The fourth-order valence-corrected chi connectivity index (χ4v) is 2.11. The maximum atomic E-state index is 10.7. The molecule has 1 N–H and O–H groups in total. The van der Waals surface area contributed by atoms with Crippen molar-refractivity contribution in [3.8, 4) is 17.0 Å². The van der Waals surface area contributed by atoms with Crippen molar-refractivity contribution < 1.29 is 14.8 Å². The molecular formula is C15H13N3O4. The average molecular weight is 299 g/mol. The zero-order chi connectivity index (χ0) is 15.5. The fourth-order valence-electron chi connectivity index (χ4n) is 2.11. The van der Waals surface area contributed by atoms with Gasteiger partial charge < -0.3 is 14.2 Å². The van der Waals surface area contributed by atoms with Gasteiger partial charge in [-0.25, -0.2) is 4.98 Å². The van der Waals surface area contributed by atoms with E-state index in [4.69, 9.17) is 9.84 Å². The lowest BCUT2D eigenvalue weighted by molar-refractivity contribution is -0.384. The van der Waals surface area contributed by atoms with Crippen molar-refractivity contribution in [2.75, 3.05) is 13.2 Å². The number of nitrogens with zero attached hydrogens (tertiary/aromatic N) is 3. The normalized spacial score (nSPS) is 10.8. The molecule has 7 heteroatoms. The Labute approximate surface area is 125 Å². The van der Waals surface area contributed by atoms with Crippen LogP contribution in [-0.2, 0) is 0 Å². The Hall–Kier alpha value is -2.93. The molecule has 0 spiro atoms. The van der Waals surface area contributed by atoms with Crippen LogP contribution in [0.5, 0.6) is 5.75 Å². The van der Waals surface area contributed by atoms with E-state index in [0.717, 1.165) is 11.2 Å². The Morgan fingerprint density at radius 1 is 1.18 bits per heavy atom. The first-order valence-electron chi connectivity index (χ1n) is 6.64. The quantitative estimate of drug-likeness (QED) is 0.576. The molecular weight excluding hydrogens is 286 g/mol. The van der Waals surface area contributed by atoms with Crippen LogP contribution in [0.4, 0.5) is 5.69 Å². The lowest BCUT2D eigenvalue weighted by atomic mass is 10.1. The van der Waals surface area contributed by atoms with Gasteiger partial charge in [0.05, 0.1) is 23.4 Å². The van der Waals surface area contributed by atoms with Crippen LogP contribution in [0.25, 0.3) is 16.9 Å². The van der Waals surface area contributed by atoms with Gasteiger partial charge in [-0.3, -0.25) is 10.1 Å². The zero-order valence-electron chi connectivity index (χ0n) is 11.5. The molecule has 7 nitrogen and oxygen atoms in total. The monoisotopic (exact) mass is 299 g/mol. The van der Waals surface area contributed by atoms with Crippen molar-refractivity contribution in [1.29, 1.82) is 0 Å². The minimum Gasteiger partial charge on any atom is -0.490 e. The summed E-state index contributed by atoms with van der Waals surface area (Å²) in [6.07, 6.45) is 3.59. The van der Waals surface area contributed by atoms with Crippen molar-refractivity contribution in [2.45, 2.75) is 0 Å². The predicted molar refractivity (Wildman–Crippen MR) is 79.9 cm³/mol. The van der Waals surface area contributed by atoms with Gasteiger partial charge in [-0.15, -0.1) is 0 Å². The van der Waals surface area contributed by atoms with E-state index < -0.39 is 4.92 Å². The number of fused-ring (bicyclic) bond motifs is 1. The van der Waals surface area contributed by atoms with Gasteiger partial charge in [-0.2, -0.15) is 0 Å². The standard InChI is InChI=1S/C15H13N3O4/c19-7-8-22-13-5-6-15-16-14(10-17(15)9-13)11-1-3-12(4-2-11)18(20)21/h1-6,9-10,19H,7-8H2. The molecule has 3 rings (SSSR count). The van der Waals surface area contributed by atoms with Crippen molar-refractivity contribution in [3.63, 3.8) is 0 Å². The third kappa shape index (κ3) is 2.75. The summed E-state index contributed by atoms with van der Waals surface area (Å²) in [6.45, 7) is 0.186. The van der Waals surface area contributed by atoms with Crippen molar-refractivity contribution in [3.05, 3.63) is 58.9 Å². The summed E-state index contributed by atoms with van der Waals surface area (Å²) in [7, 11) is 0. The SMILES string of the molecule is O=[N+]([O-])c1ccc(-c2cn3cc(OCCO)ccc3n2)cc1. The fraction of sp³-hybridized carbons (Fsp3) is 0.133. The van der Waals surface area contributed by atoms with Gasteiger partial charge in [0, 0.05) is 23.9 Å². The smallest absolute Gasteiger partial charge is 0.269 e. The summed E-state index contributed by atoms with van der Waals surface area (Å²) in [5.74, 6) is 0.634. The number of aromatic nitrogens is 2. The van der Waals surface area contributed by atoms with E-state index in [1.165, 1.54) is 12.1 Å². The maximum Gasteiger partial charge on any atom is 0.269 e. The second-order valence-corrected chi connectivity index (χ2v) is 4.63. The molecule has 0 amide bonds. The molecule has 0 bridgehead atoms. The maximum absolute atomic E-state index is 10.7. The van der Waals surface area contributed by atoms with Gasteiger partial charge in [-0.05, 0) is 24.3 Å². The molecule has 0 unspecified atom stereocenters. The highest BCUT2D eigenvalue weighted by Gasteiger charge is 2.08. The Kier molecular flexibility index (Phi) is 3.71. The van der Waals surface area contributed by atoms with Gasteiger partial charge in [0.15, 0.2) is 0 Å². The molecule has 0 radical (unpaired) electrons. The first-order chi connectivity index (χ1) is 10.7. The first kappa shape index (κ1) is 14.0. The number of aliphatic hydroxyl groups excluding tert-OH is 1. The molecule has 112 valence electrons. The molecule has 2 heterocycles. The van der Waals surface area contributed by atoms with E-state index in [1.54, 1.807) is 24.4 Å². The molecule has 0 aliphatic rings. The van der Waals surface area contributed by atoms with Crippen LogP contribution in [0.2, 0.25) is 0 Å². The number of nitro groups is 1. The van der Waals surface area contributed by atoms with Crippen molar-refractivity contribution >= 4 is 11.3 Å². The minimum atomic E-state index is -0.432. The minimum absolute atomic E-state index is 0.0456. The van der Waals surface area contributed by atoms with E-state index in [-0.39, 0.29) is 18.9 Å². The Bertz CT molecular complexity index is 811. The van der Waals surface area contributed by atoms with Crippen molar-refractivity contribution in [2.24, 2.45) is 0 Å². The Morgan fingerprint density at radius 2 is 1.95 bits per heavy atom. The summed E-state index contributed by atoms with van der Waals surface area (Å²) >= 11 is 0. The predicted octanol–water partition coefficient (Wildman–Crippen LogP) is 2.28. The highest BCUT2D eigenvalue weighted by atomic mass is 16.6. The number of benzene rings is 1. The first-order valence-corrected chi connectivity index (χ1v) is 6.64. The third-order valence-electron chi connectivity index (χ3n) is 3.16. The van der Waals surface area contributed by atoms with E-state index in [2.05, 4.69) is 4.98 Å². The summed E-state index contributed by atoms with van der Waals surface area (Å²) in [6, 6.07) is 9.83. The molecule has 0 saturated carbocycles. The summed E-state index contributed by atoms with van der Waals surface area (Å²) < 4.78 is 7.16. The van der Waals surface area contributed by atoms with Gasteiger partial charge in [-0.1, -0.05) is 0 Å². The van der Waals surface area contributed by atoms with Crippen LogP contribution in [0.3, 0.4) is 0 Å². The van der Waals surface area contributed by atoms with Crippen LogP contribution >= 0.6 is 0 Å². The largest absolute Gasteiger partial charge is 0.490 e. The van der Waals surface area contributed by atoms with Crippen LogP contribution in [-0.4, -0.2) is 32.6 Å². The second kappa shape index (κ2) is 5.82. The van der Waals surface area contributed by atoms with E-state index >= 15 is 0 Å². The number of nitro benzene ring substituents is 1. The Balaban J connectivity index is 1.92. The summed E-state index contributed by atoms with van der Waals surface area (Å²) in [5.41, 5.74) is 2.30. The highest BCUT2D eigenvalue weighted by molar-refractivity contribution is 5.64. The second-order valence-electron chi connectivity index (χ2n) is 4.63. The molecule has 0 aliphatic carbocycles. The number of rotatable bonds is 5. The lowest BCUT2D eigenvalue weighted by Crippen LogP contribution is -2.02. The van der Waals surface area contributed by atoms with Gasteiger partial charge >= 0.3 is 0 Å². The highest BCUT2D eigenvalue weighted by Crippen LogP contribution is 2.23. The van der Waals surface area contributed by atoms with E-state index in [0.29, 0.717) is 11.4 Å². The molecule has 0 atom stereocenters. The number of ether oxygens (including phenoxy) is 1. The molecule has 0 fully saturated rings. The van der Waals surface area contributed by atoms with Crippen LogP contribution < -0.4 is 4.74 Å². The van der Waals surface area contributed by atoms with E-state index in [9.17, 15) is 10.1 Å². The number of hydrogen-bond donors (Lipinski definition) is 1. The summed E-state index contributed by atoms with van der Waals surface area (Å²) in [5, 5.41) is 19.4. The molecule has 0 saturated heterocycles. The summed E-state index contributed by atoms with van der Waals surface area (Å²) in [4.78, 5) is 14.7. The van der Waals surface area contributed by atoms with Crippen LogP contribution in [0, 0.1) is 10.1 Å². The number of hydrogen-bond acceptors (Lipinski definition) is 5. The van der Waals surface area contributed by atoms with Crippen LogP contribution in [0.1, 0.15) is 0 Å². The van der Waals surface area contributed by atoms with Gasteiger partial charge in [0.2, 0.25) is 0 Å². The molecule has 22 heavy (non-hydrogen) atoms. The topological polar surface area (TPSA) is 89.9 Å². The van der Waals surface area contributed by atoms with Crippen LogP contribution in [0.15, 0.2) is 48.8 Å².